The molecule has 0 aliphatic heterocycles. The number of hydrogen-bond donors (Lipinski definition) is 0. The van der Waals surface area contributed by atoms with Gasteiger partial charge in [0.2, 0.25) is 5.88 Å². The quantitative estimate of drug-likeness (QED) is 0.754. The van der Waals surface area contributed by atoms with Gasteiger partial charge in [0.25, 0.3) is 6.43 Å². The van der Waals surface area contributed by atoms with Gasteiger partial charge in [-0.1, -0.05) is 0 Å². The summed E-state index contributed by atoms with van der Waals surface area (Å²) in [6, 6.07) is 2.66. The van der Waals surface area contributed by atoms with E-state index in [-0.39, 0.29) is 11.4 Å². The number of esters is 1. The molecule has 0 unspecified atom stereocenters. The molecule has 17 heavy (non-hydrogen) atoms. The van der Waals surface area contributed by atoms with Crippen LogP contribution in [0.2, 0.25) is 0 Å². The van der Waals surface area contributed by atoms with Gasteiger partial charge in [0, 0.05) is 0 Å². The van der Waals surface area contributed by atoms with E-state index in [0.29, 0.717) is 0 Å². The maximum absolute atomic E-state index is 12.7. The molecule has 0 fully saturated rings. The molecule has 1 heterocycles. The van der Waals surface area contributed by atoms with E-state index in [1.807, 2.05) is 0 Å². The van der Waals surface area contributed by atoms with Crippen LogP contribution in [-0.4, -0.2) is 25.2 Å². The average molecular weight is 242 g/mol. The Balaban J connectivity index is 3.47. The zero-order valence-electron chi connectivity index (χ0n) is 9.03. The lowest BCUT2D eigenvalue weighted by Gasteiger charge is -2.09. The van der Waals surface area contributed by atoms with Crippen LogP contribution in [0.15, 0.2) is 6.07 Å². The molecule has 0 atom stereocenters. The minimum absolute atomic E-state index is 0.114. The minimum atomic E-state index is -2.97. The zero-order valence-corrected chi connectivity index (χ0v) is 9.03. The number of nitriles is 1. The predicted molar refractivity (Wildman–Crippen MR) is 51.8 cm³/mol. The molecule has 0 saturated carbocycles. The van der Waals surface area contributed by atoms with Crippen molar-refractivity contribution in [3.8, 4) is 11.9 Å². The third-order valence-corrected chi connectivity index (χ3v) is 1.94. The number of nitrogens with zero attached hydrogens (tertiary/aromatic N) is 2. The van der Waals surface area contributed by atoms with Gasteiger partial charge in [-0.2, -0.15) is 5.26 Å². The molecule has 0 aliphatic rings. The van der Waals surface area contributed by atoms with Crippen molar-refractivity contribution in [3.05, 3.63) is 22.9 Å². The first-order chi connectivity index (χ1) is 8.04. The predicted octanol–water partition coefficient (Wildman–Crippen LogP) is 1.69. The second-order valence-electron chi connectivity index (χ2n) is 2.88. The number of rotatable bonds is 3. The van der Waals surface area contributed by atoms with Gasteiger partial charge in [-0.05, 0) is 6.07 Å². The Kier molecular flexibility index (Phi) is 3.93. The molecular weight excluding hydrogens is 234 g/mol. The van der Waals surface area contributed by atoms with Crippen molar-refractivity contribution in [3.63, 3.8) is 0 Å². The van der Waals surface area contributed by atoms with Crippen molar-refractivity contribution < 1.29 is 23.0 Å². The van der Waals surface area contributed by atoms with Gasteiger partial charge in [-0.25, -0.2) is 18.6 Å². The molecule has 0 N–H and O–H groups in total. The molecule has 0 bridgehead atoms. The van der Waals surface area contributed by atoms with E-state index < -0.39 is 23.7 Å². The van der Waals surface area contributed by atoms with Crippen LogP contribution in [0.5, 0.6) is 5.88 Å². The fourth-order valence-electron chi connectivity index (χ4n) is 1.19. The summed E-state index contributed by atoms with van der Waals surface area (Å²) in [5, 5.41) is 8.75. The molecule has 0 spiro atoms. The largest absolute Gasteiger partial charge is 0.480 e. The lowest BCUT2D eigenvalue weighted by molar-refractivity contribution is 0.0586. The van der Waals surface area contributed by atoms with Crippen LogP contribution < -0.4 is 4.74 Å². The average Bonchev–Trinajstić information content (AvgIpc) is 2.35. The van der Waals surface area contributed by atoms with Crippen molar-refractivity contribution >= 4 is 5.97 Å². The first-order valence-electron chi connectivity index (χ1n) is 4.40. The summed E-state index contributed by atoms with van der Waals surface area (Å²) in [6.07, 6.45) is -2.97. The Morgan fingerprint density at radius 3 is 2.59 bits per heavy atom. The number of aromatic nitrogens is 1. The van der Waals surface area contributed by atoms with Crippen LogP contribution >= 0.6 is 0 Å². The number of hydrogen-bond acceptors (Lipinski definition) is 5. The monoisotopic (exact) mass is 242 g/mol. The van der Waals surface area contributed by atoms with E-state index in [1.165, 1.54) is 7.11 Å². The Morgan fingerprint density at radius 2 is 2.18 bits per heavy atom. The Morgan fingerprint density at radius 1 is 1.53 bits per heavy atom. The fraction of sp³-hybridized carbons (Fsp3) is 0.300. The van der Waals surface area contributed by atoms with Crippen LogP contribution in [0.1, 0.15) is 28.0 Å². The van der Waals surface area contributed by atoms with Gasteiger partial charge >= 0.3 is 5.97 Å². The summed E-state index contributed by atoms with van der Waals surface area (Å²) in [5.41, 5.74) is -1.33. The lowest BCUT2D eigenvalue weighted by atomic mass is 10.1. The summed E-state index contributed by atoms with van der Waals surface area (Å²) >= 11 is 0. The summed E-state index contributed by atoms with van der Waals surface area (Å²) in [6.45, 7) is 0. The van der Waals surface area contributed by atoms with Crippen molar-refractivity contribution in [1.29, 1.82) is 5.26 Å². The molecule has 1 rings (SSSR count). The van der Waals surface area contributed by atoms with Crippen molar-refractivity contribution in [1.82, 2.24) is 4.98 Å². The smallest absolute Gasteiger partial charge is 0.339 e. The molecule has 5 nitrogen and oxygen atoms in total. The number of methoxy groups -OCH3 is 2. The van der Waals surface area contributed by atoms with Gasteiger partial charge in [-0.15, -0.1) is 0 Å². The number of alkyl halides is 2. The number of carbonyl (C=O) groups excluding carboxylic acids is 1. The first-order valence-corrected chi connectivity index (χ1v) is 4.40. The van der Waals surface area contributed by atoms with E-state index in [4.69, 9.17) is 5.26 Å². The van der Waals surface area contributed by atoms with E-state index in [9.17, 15) is 13.6 Å². The highest BCUT2D eigenvalue weighted by Gasteiger charge is 2.24. The molecule has 0 radical (unpaired) electrons. The number of ether oxygens (including phenoxy) is 2. The van der Waals surface area contributed by atoms with Crippen molar-refractivity contribution in [2.75, 3.05) is 14.2 Å². The molecule has 0 aliphatic carbocycles. The van der Waals surface area contributed by atoms with Gasteiger partial charge < -0.3 is 9.47 Å². The molecule has 0 amide bonds. The Bertz CT molecular complexity index is 483. The highest BCUT2D eigenvalue weighted by Crippen LogP contribution is 2.26. The van der Waals surface area contributed by atoms with E-state index >= 15 is 0 Å². The first kappa shape index (κ1) is 12.8. The summed E-state index contributed by atoms with van der Waals surface area (Å²) in [4.78, 5) is 14.7. The highest BCUT2D eigenvalue weighted by molar-refractivity contribution is 5.91. The second-order valence-corrected chi connectivity index (χ2v) is 2.88. The molecule has 0 aromatic carbocycles. The summed E-state index contributed by atoms with van der Waals surface area (Å²) in [7, 11) is 2.24. The number of carbonyl (C=O) groups is 1. The fourth-order valence-corrected chi connectivity index (χ4v) is 1.19. The summed E-state index contributed by atoms with van der Waals surface area (Å²) in [5.74, 6) is -1.23. The third kappa shape index (κ3) is 2.47. The highest BCUT2D eigenvalue weighted by atomic mass is 19.3. The maximum atomic E-state index is 12.7. The topological polar surface area (TPSA) is 72.2 Å². The number of halogens is 2. The standard InChI is InChI=1S/C10H8F2N2O3/c1-16-9-5(4-13)3-6(10(15)17-2)7(14-9)8(11)12/h3,8H,1-2H3. The third-order valence-electron chi connectivity index (χ3n) is 1.94. The number of pyridine rings is 1. The van der Waals surface area contributed by atoms with Crippen LogP contribution in [0.3, 0.4) is 0 Å². The SMILES string of the molecule is COC(=O)c1cc(C#N)c(OC)nc1C(F)F. The molecule has 0 saturated heterocycles. The van der Waals surface area contributed by atoms with E-state index in [0.717, 1.165) is 13.2 Å². The second kappa shape index (κ2) is 5.21. The molecule has 1 aromatic heterocycles. The van der Waals surface area contributed by atoms with Crippen LogP contribution in [-0.2, 0) is 4.74 Å². The van der Waals surface area contributed by atoms with Gasteiger partial charge in [-0.3, -0.25) is 0 Å². The molecular formula is C10H8F2N2O3. The van der Waals surface area contributed by atoms with Gasteiger partial charge in [0.05, 0.1) is 19.8 Å². The normalized spacial score (nSPS) is 9.88. The molecule has 7 heteroatoms. The van der Waals surface area contributed by atoms with Crippen LogP contribution in [0, 0.1) is 11.3 Å². The van der Waals surface area contributed by atoms with E-state index in [1.54, 1.807) is 6.07 Å². The maximum Gasteiger partial charge on any atom is 0.339 e. The van der Waals surface area contributed by atoms with Gasteiger partial charge in [0.1, 0.15) is 17.3 Å². The minimum Gasteiger partial charge on any atom is -0.480 e. The van der Waals surface area contributed by atoms with Crippen molar-refractivity contribution in [2.45, 2.75) is 6.43 Å². The van der Waals surface area contributed by atoms with Crippen molar-refractivity contribution in [2.24, 2.45) is 0 Å². The van der Waals surface area contributed by atoms with Crippen LogP contribution in [0.4, 0.5) is 8.78 Å². The zero-order chi connectivity index (χ0) is 13.0. The molecule has 1 aromatic rings. The summed E-state index contributed by atoms with van der Waals surface area (Å²) < 4.78 is 34.3. The lowest BCUT2D eigenvalue weighted by Crippen LogP contribution is -2.10. The van der Waals surface area contributed by atoms with Crippen LogP contribution in [0.25, 0.3) is 0 Å². The Hall–Kier alpha value is -2.23. The Labute approximate surface area is 95.6 Å². The van der Waals surface area contributed by atoms with Gasteiger partial charge in [0.15, 0.2) is 0 Å². The van der Waals surface area contributed by atoms with E-state index in [2.05, 4.69) is 14.5 Å². The molecule has 90 valence electrons.